The lowest BCUT2D eigenvalue weighted by atomic mass is 10.2. The number of halogens is 1. The van der Waals surface area contributed by atoms with Gasteiger partial charge in [-0.1, -0.05) is 97.4 Å². The average Bonchev–Trinajstić information content (AvgIpc) is 3.09. The average molecular weight is 519 g/mol. The fourth-order valence-electron chi connectivity index (χ4n) is 4.54. The monoisotopic (exact) mass is 517 g/mol. The van der Waals surface area contributed by atoms with Gasteiger partial charge in [-0.2, -0.15) is 0 Å². The first-order chi connectivity index (χ1) is 14.9. The van der Waals surface area contributed by atoms with E-state index in [1.54, 1.807) is 0 Å². The van der Waals surface area contributed by atoms with E-state index in [1.807, 2.05) is 37.8 Å². The molecule has 0 radical (unpaired) electrons. The highest BCUT2D eigenvalue weighted by Crippen LogP contribution is 2.37. The molecule has 3 rings (SSSR count). The lowest BCUT2D eigenvalue weighted by Crippen LogP contribution is -2.67. The number of ether oxygens (including phenoxy) is 1. The number of benzene rings is 2. The molecule has 1 unspecified atom stereocenters. The van der Waals surface area contributed by atoms with E-state index < -0.39 is 13.9 Å². The first kappa shape index (κ1) is 25.0. The number of amides is 1. The van der Waals surface area contributed by atoms with Crippen molar-refractivity contribution in [1.82, 2.24) is 4.90 Å². The Morgan fingerprint density at radius 1 is 0.969 bits per heavy atom. The second-order valence-corrected chi connectivity index (χ2v) is 16.2. The number of rotatable bonds is 5. The standard InChI is InChI=1S/C26H36BrNO3Si/c1-25(2,3)31-24(29)28-18-20(27)17-21(28)19-30-32(26(4,5)6,22-13-9-7-10-14-22)23-15-11-8-12-16-23/h7-16,20-21H,17-19H2,1-6H3/t20?,21-/m0/s1. The summed E-state index contributed by atoms with van der Waals surface area (Å²) in [6, 6.07) is 21.2. The molecule has 0 spiro atoms. The summed E-state index contributed by atoms with van der Waals surface area (Å²) in [7, 11) is -2.64. The van der Waals surface area contributed by atoms with Gasteiger partial charge in [0, 0.05) is 11.4 Å². The second-order valence-electron chi connectivity index (χ2n) is 10.6. The van der Waals surface area contributed by atoms with Gasteiger partial charge in [0.25, 0.3) is 8.32 Å². The first-order valence-electron chi connectivity index (χ1n) is 11.3. The van der Waals surface area contributed by atoms with Gasteiger partial charge in [0.05, 0.1) is 12.6 Å². The second kappa shape index (κ2) is 9.70. The lowest BCUT2D eigenvalue weighted by molar-refractivity contribution is 0.0184. The predicted molar refractivity (Wildman–Crippen MR) is 138 cm³/mol. The van der Waals surface area contributed by atoms with E-state index in [2.05, 4.69) is 85.2 Å². The van der Waals surface area contributed by atoms with Gasteiger partial charge in [-0.25, -0.2) is 4.79 Å². The molecule has 0 bridgehead atoms. The van der Waals surface area contributed by atoms with Crippen molar-refractivity contribution in [3.63, 3.8) is 0 Å². The van der Waals surface area contributed by atoms with Crippen LogP contribution in [0.25, 0.3) is 0 Å². The molecule has 0 aromatic heterocycles. The summed E-state index contributed by atoms with van der Waals surface area (Å²) in [5, 5.41) is 2.39. The van der Waals surface area contributed by atoms with Gasteiger partial charge >= 0.3 is 6.09 Å². The van der Waals surface area contributed by atoms with Gasteiger partial charge in [-0.3, -0.25) is 0 Å². The molecule has 0 aliphatic carbocycles. The highest BCUT2D eigenvalue weighted by atomic mass is 79.9. The van der Waals surface area contributed by atoms with E-state index in [0.717, 1.165) is 6.42 Å². The number of hydrogen-bond donors (Lipinski definition) is 0. The third-order valence-corrected chi connectivity index (χ3v) is 11.6. The third kappa shape index (κ3) is 5.46. The molecule has 1 aliphatic rings. The van der Waals surface area contributed by atoms with Gasteiger partial charge in [0.1, 0.15) is 5.60 Å². The van der Waals surface area contributed by atoms with Crippen molar-refractivity contribution in [3.05, 3.63) is 60.7 Å². The molecule has 4 nitrogen and oxygen atoms in total. The first-order valence-corrected chi connectivity index (χ1v) is 14.1. The van der Waals surface area contributed by atoms with E-state index in [1.165, 1.54) is 10.4 Å². The number of alkyl halides is 1. The van der Waals surface area contributed by atoms with Crippen LogP contribution in [0.2, 0.25) is 5.04 Å². The SMILES string of the molecule is CC(C)(C)OC(=O)N1CC(Br)C[C@H]1CO[Si](c1ccccc1)(c1ccccc1)C(C)(C)C. The molecule has 2 aromatic carbocycles. The topological polar surface area (TPSA) is 38.8 Å². The molecular weight excluding hydrogens is 482 g/mol. The van der Waals surface area contributed by atoms with Crippen LogP contribution in [0.3, 0.4) is 0 Å². The van der Waals surface area contributed by atoms with Crippen LogP contribution in [0.4, 0.5) is 4.79 Å². The fourth-order valence-corrected chi connectivity index (χ4v) is 9.89. The molecule has 174 valence electrons. The Balaban J connectivity index is 1.96. The Bertz CT molecular complexity index is 853. The third-order valence-electron chi connectivity index (χ3n) is 5.90. The van der Waals surface area contributed by atoms with Gasteiger partial charge in [0.2, 0.25) is 0 Å². The predicted octanol–water partition coefficient (Wildman–Crippen LogP) is 5.34. The van der Waals surface area contributed by atoms with Crippen molar-refractivity contribution in [2.45, 2.75) is 69.5 Å². The summed E-state index contributed by atoms with van der Waals surface area (Å²) in [6.45, 7) is 13.6. The van der Waals surface area contributed by atoms with Crippen LogP contribution in [0, 0.1) is 0 Å². The van der Waals surface area contributed by atoms with Crippen LogP contribution in [-0.4, -0.2) is 48.9 Å². The van der Waals surface area contributed by atoms with Crippen molar-refractivity contribution >= 4 is 40.7 Å². The van der Waals surface area contributed by atoms with Crippen LogP contribution >= 0.6 is 15.9 Å². The molecule has 2 aromatic rings. The van der Waals surface area contributed by atoms with Crippen molar-refractivity contribution in [3.8, 4) is 0 Å². The number of likely N-dealkylation sites (tertiary alicyclic amines) is 1. The number of hydrogen-bond acceptors (Lipinski definition) is 3. The minimum Gasteiger partial charge on any atom is -0.444 e. The zero-order valence-electron chi connectivity index (χ0n) is 20.1. The lowest BCUT2D eigenvalue weighted by Gasteiger charge is -2.44. The van der Waals surface area contributed by atoms with E-state index >= 15 is 0 Å². The van der Waals surface area contributed by atoms with Gasteiger partial charge in [-0.15, -0.1) is 0 Å². The van der Waals surface area contributed by atoms with Crippen molar-refractivity contribution in [2.75, 3.05) is 13.2 Å². The molecule has 1 fully saturated rings. The minimum absolute atomic E-state index is 0.0316. The number of carbonyl (C=O) groups excluding carboxylic acids is 1. The van der Waals surface area contributed by atoms with Gasteiger partial charge < -0.3 is 14.1 Å². The summed E-state index contributed by atoms with van der Waals surface area (Å²) < 4.78 is 12.8. The Morgan fingerprint density at radius 3 is 1.91 bits per heavy atom. The molecule has 6 heteroatoms. The molecular formula is C26H36BrNO3Si. The van der Waals surface area contributed by atoms with E-state index in [0.29, 0.717) is 13.2 Å². The van der Waals surface area contributed by atoms with Crippen LogP contribution in [0.1, 0.15) is 48.0 Å². The molecule has 0 saturated carbocycles. The maximum Gasteiger partial charge on any atom is 0.410 e. The van der Waals surface area contributed by atoms with Gasteiger partial charge in [0.15, 0.2) is 0 Å². The maximum absolute atomic E-state index is 12.9. The van der Waals surface area contributed by atoms with Crippen molar-refractivity contribution < 1.29 is 14.0 Å². The van der Waals surface area contributed by atoms with Crippen LogP contribution in [0.5, 0.6) is 0 Å². The number of nitrogens with zero attached hydrogens (tertiary/aromatic N) is 1. The Hall–Kier alpha value is -1.63. The molecule has 1 heterocycles. The molecule has 1 amide bonds. The summed E-state index contributed by atoms with van der Waals surface area (Å²) in [6.07, 6.45) is 0.577. The molecule has 32 heavy (non-hydrogen) atoms. The van der Waals surface area contributed by atoms with E-state index in [4.69, 9.17) is 9.16 Å². The van der Waals surface area contributed by atoms with E-state index in [9.17, 15) is 4.79 Å². The summed E-state index contributed by atoms with van der Waals surface area (Å²) >= 11 is 3.72. The van der Waals surface area contributed by atoms with Crippen molar-refractivity contribution in [2.24, 2.45) is 0 Å². The van der Waals surface area contributed by atoms with Crippen LogP contribution in [-0.2, 0) is 9.16 Å². The molecule has 1 saturated heterocycles. The van der Waals surface area contributed by atoms with Crippen LogP contribution in [0.15, 0.2) is 60.7 Å². The minimum atomic E-state index is -2.64. The largest absolute Gasteiger partial charge is 0.444 e. The summed E-state index contributed by atoms with van der Waals surface area (Å²) in [5.41, 5.74) is -0.523. The maximum atomic E-state index is 12.9. The quantitative estimate of drug-likeness (QED) is 0.397. The summed E-state index contributed by atoms with van der Waals surface area (Å²) in [4.78, 5) is 15.0. The Labute approximate surface area is 202 Å². The highest BCUT2D eigenvalue weighted by Gasteiger charge is 2.51. The highest BCUT2D eigenvalue weighted by molar-refractivity contribution is 9.09. The zero-order chi connectivity index (χ0) is 23.6. The number of carbonyl (C=O) groups is 1. The summed E-state index contributed by atoms with van der Waals surface area (Å²) in [5.74, 6) is 0. The van der Waals surface area contributed by atoms with Crippen molar-refractivity contribution in [1.29, 1.82) is 0 Å². The van der Waals surface area contributed by atoms with Gasteiger partial charge in [-0.05, 0) is 42.6 Å². The molecule has 1 aliphatic heterocycles. The molecule has 2 atom stereocenters. The Morgan fingerprint density at radius 2 is 1.47 bits per heavy atom. The Kier molecular flexibility index (Phi) is 7.57. The fraction of sp³-hybridized carbons (Fsp3) is 0.500. The molecule has 0 N–H and O–H groups in total. The normalized spacial score (nSPS) is 19.8. The smallest absolute Gasteiger partial charge is 0.410 e. The van der Waals surface area contributed by atoms with Crippen LogP contribution < -0.4 is 10.4 Å². The van der Waals surface area contributed by atoms with E-state index in [-0.39, 0.29) is 22.0 Å². The zero-order valence-corrected chi connectivity index (χ0v) is 22.7.